The second kappa shape index (κ2) is 2.98. The van der Waals surface area contributed by atoms with E-state index in [1.165, 1.54) is 0 Å². The third-order valence-electron chi connectivity index (χ3n) is 1.14. The number of ether oxygens (including phenoxy) is 2. The van der Waals surface area contributed by atoms with Crippen molar-refractivity contribution >= 4 is 5.69 Å². The second-order valence-electron chi connectivity index (χ2n) is 1.94. The normalized spacial score (nSPS) is 37.7. The molecule has 64 valence electrons. The van der Waals surface area contributed by atoms with Gasteiger partial charge in [0, 0.05) is 6.17 Å². The van der Waals surface area contributed by atoms with E-state index in [1.54, 1.807) is 0 Å². The van der Waals surface area contributed by atoms with Gasteiger partial charge in [0.2, 0.25) is 0 Å². The average Bonchev–Trinajstić information content (AvgIpc) is 2.30. The summed E-state index contributed by atoms with van der Waals surface area (Å²) >= 11 is 0. The molecule has 0 spiro atoms. The Morgan fingerprint density at radius 3 is 3.50 bits per heavy atom. The molecule has 0 bridgehead atoms. The SMILES string of the molecule is [2H]c1nc([2H])c(OC2([2H])C([2H])([2H])OC2([2H])[2H])c(N)c1[2H]. The molecule has 0 saturated carbocycles. The van der Waals surface area contributed by atoms with Crippen molar-refractivity contribution < 1.29 is 20.4 Å². The first-order chi connectivity index (χ1) is 8.93. The van der Waals surface area contributed by atoms with Crippen LogP contribution in [0.5, 0.6) is 5.75 Å². The van der Waals surface area contributed by atoms with Crippen LogP contribution in [-0.4, -0.2) is 24.2 Å². The minimum Gasteiger partial charge on any atom is -0.482 e. The highest BCUT2D eigenvalue weighted by Crippen LogP contribution is 2.21. The fraction of sp³-hybridized carbons (Fsp3) is 0.375. The Morgan fingerprint density at radius 1 is 1.92 bits per heavy atom. The quantitative estimate of drug-likeness (QED) is 0.707. The van der Waals surface area contributed by atoms with Gasteiger partial charge in [0.05, 0.1) is 35.9 Å². The lowest BCUT2D eigenvalue weighted by Crippen LogP contribution is -2.38. The van der Waals surface area contributed by atoms with E-state index in [1.807, 2.05) is 0 Å². The standard InChI is InChI=1S/C8H10N2O2/c9-7-1-2-10-3-8(7)12-6-4-11-5-6/h1-3,6H,4-5H2,(H2,9,10)/i1D,2D,3D,4D2,5D2,6D. The molecule has 1 aromatic heterocycles. The van der Waals surface area contributed by atoms with Gasteiger partial charge < -0.3 is 15.2 Å². The van der Waals surface area contributed by atoms with Crippen LogP contribution in [0.25, 0.3) is 0 Å². The van der Waals surface area contributed by atoms with E-state index >= 15 is 0 Å². The lowest BCUT2D eigenvalue weighted by Gasteiger charge is -2.26. The maximum Gasteiger partial charge on any atom is 0.161 e. The van der Waals surface area contributed by atoms with Crippen molar-refractivity contribution in [3.63, 3.8) is 0 Å². The van der Waals surface area contributed by atoms with Crippen LogP contribution < -0.4 is 10.5 Å². The van der Waals surface area contributed by atoms with E-state index in [-0.39, 0.29) is 0 Å². The number of nitrogens with two attached hydrogens (primary N) is 1. The van der Waals surface area contributed by atoms with E-state index in [4.69, 9.17) is 21.4 Å². The molecule has 0 radical (unpaired) electrons. The fourth-order valence-corrected chi connectivity index (χ4v) is 0.598. The number of hydrogen-bond donors (Lipinski definition) is 1. The van der Waals surface area contributed by atoms with Gasteiger partial charge in [-0.2, -0.15) is 0 Å². The summed E-state index contributed by atoms with van der Waals surface area (Å²) in [6.45, 7) is -5.53. The Hall–Kier alpha value is -1.29. The molecule has 1 aromatic rings. The van der Waals surface area contributed by atoms with Crippen molar-refractivity contribution in [3.05, 3.63) is 18.4 Å². The van der Waals surface area contributed by atoms with Crippen molar-refractivity contribution in [2.75, 3.05) is 18.9 Å². The van der Waals surface area contributed by atoms with Crippen LogP contribution in [0.4, 0.5) is 5.69 Å². The molecule has 2 rings (SSSR count). The summed E-state index contributed by atoms with van der Waals surface area (Å²) < 4.78 is 68.5. The van der Waals surface area contributed by atoms with Gasteiger partial charge in [-0.3, -0.25) is 4.98 Å². The molecular formula is C8H10N2O2. The summed E-state index contributed by atoms with van der Waals surface area (Å²) in [4.78, 5) is 3.34. The summed E-state index contributed by atoms with van der Waals surface area (Å²) in [5.74, 6) is -0.628. The van der Waals surface area contributed by atoms with Gasteiger partial charge in [0.15, 0.2) is 5.75 Å². The molecule has 12 heavy (non-hydrogen) atoms. The van der Waals surface area contributed by atoms with Gasteiger partial charge >= 0.3 is 0 Å². The predicted octanol–water partition coefficient (Wildman–Crippen LogP) is 0.441. The van der Waals surface area contributed by atoms with E-state index in [9.17, 15) is 0 Å². The molecule has 1 saturated heterocycles. The number of pyridine rings is 1. The Labute approximate surface area is 81.5 Å². The molecular weight excluding hydrogens is 156 g/mol. The van der Waals surface area contributed by atoms with Gasteiger partial charge in [-0.05, 0) is 6.04 Å². The zero-order valence-corrected chi connectivity index (χ0v) is 5.84. The van der Waals surface area contributed by atoms with Gasteiger partial charge in [-0.25, -0.2) is 0 Å². The zero-order chi connectivity index (χ0) is 15.5. The molecule has 0 unspecified atom stereocenters. The molecule has 1 aliphatic heterocycles. The van der Waals surface area contributed by atoms with Gasteiger partial charge in [0.25, 0.3) is 0 Å². The van der Waals surface area contributed by atoms with Crippen LogP contribution in [0.2, 0.25) is 0 Å². The number of anilines is 1. The summed E-state index contributed by atoms with van der Waals surface area (Å²) in [5, 5.41) is 0. The molecule has 0 aliphatic carbocycles. The third kappa shape index (κ3) is 1.33. The van der Waals surface area contributed by atoms with Crippen LogP contribution in [0, 0.1) is 0 Å². The average molecular weight is 174 g/mol. The number of nitrogens with zero attached hydrogens (tertiary/aromatic N) is 1. The lowest BCUT2D eigenvalue weighted by molar-refractivity contribution is -0.0795. The monoisotopic (exact) mass is 174 g/mol. The van der Waals surface area contributed by atoms with Crippen molar-refractivity contribution in [2.45, 2.75) is 6.08 Å². The van der Waals surface area contributed by atoms with E-state index in [2.05, 4.69) is 9.72 Å². The van der Waals surface area contributed by atoms with E-state index < -0.39 is 49.0 Å². The van der Waals surface area contributed by atoms with Gasteiger partial charge in [0.1, 0.15) is 6.08 Å². The Kier molecular flexibility index (Phi) is 0.647. The van der Waals surface area contributed by atoms with E-state index in [0.717, 1.165) is 0 Å². The highest BCUT2D eigenvalue weighted by atomic mass is 16.6. The van der Waals surface area contributed by atoms with Gasteiger partial charge in [-0.15, -0.1) is 0 Å². The largest absolute Gasteiger partial charge is 0.482 e. The number of nitrogen functional groups attached to an aromatic ring is 1. The topological polar surface area (TPSA) is 57.4 Å². The summed E-state index contributed by atoms with van der Waals surface area (Å²) in [5.41, 5.74) is 5.00. The van der Waals surface area contributed by atoms with Crippen molar-refractivity contribution in [1.29, 1.82) is 0 Å². The van der Waals surface area contributed by atoms with E-state index in [0.29, 0.717) is 0 Å². The maximum atomic E-state index is 7.75. The smallest absolute Gasteiger partial charge is 0.161 e. The lowest BCUT2D eigenvalue weighted by atomic mass is 10.3. The first kappa shape index (κ1) is 2.60. The number of aromatic nitrogens is 1. The molecule has 0 amide bonds. The minimum absolute atomic E-state index is 0.486. The molecule has 0 atom stereocenters. The zero-order valence-electron chi connectivity index (χ0n) is 13.8. The molecule has 1 fully saturated rings. The predicted molar refractivity (Wildman–Crippen MR) is 43.9 cm³/mol. The van der Waals surface area contributed by atoms with Crippen molar-refractivity contribution in [2.24, 2.45) is 0 Å². The molecule has 4 heteroatoms. The number of hydrogen-bond acceptors (Lipinski definition) is 4. The Balaban J connectivity index is 2.48. The highest BCUT2D eigenvalue weighted by Gasteiger charge is 2.20. The molecule has 2 N–H and O–H groups in total. The van der Waals surface area contributed by atoms with Gasteiger partial charge in [-0.1, -0.05) is 0 Å². The first-order valence-corrected chi connectivity index (χ1v) is 3.05. The first-order valence-electron chi connectivity index (χ1n) is 7.05. The van der Waals surface area contributed by atoms with Crippen molar-refractivity contribution in [3.8, 4) is 5.75 Å². The summed E-state index contributed by atoms with van der Waals surface area (Å²) in [6.07, 6.45) is -4.06. The third-order valence-corrected chi connectivity index (χ3v) is 1.14. The Bertz CT molecular complexity index is 564. The minimum atomic E-state index is -2.80. The van der Waals surface area contributed by atoms with Crippen molar-refractivity contribution in [1.82, 2.24) is 4.98 Å². The number of rotatable bonds is 2. The van der Waals surface area contributed by atoms with Crippen LogP contribution in [0.15, 0.2) is 18.4 Å². The molecule has 2 heterocycles. The summed E-state index contributed by atoms with van der Waals surface area (Å²) in [7, 11) is 0. The van der Waals surface area contributed by atoms with Crippen LogP contribution in [0.3, 0.4) is 0 Å². The fourth-order valence-electron chi connectivity index (χ4n) is 0.598. The van der Waals surface area contributed by atoms with Crippen LogP contribution in [-0.2, 0) is 4.74 Å². The Morgan fingerprint density at radius 2 is 2.75 bits per heavy atom. The molecule has 1 aliphatic rings. The maximum absolute atomic E-state index is 7.75. The molecule has 0 aromatic carbocycles. The molecule has 4 nitrogen and oxygen atoms in total. The summed E-state index contributed by atoms with van der Waals surface area (Å²) in [6, 6.07) is -0.555. The van der Waals surface area contributed by atoms with Crippen LogP contribution in [0.1, 0.15) is 11.0 Å². The highest BCUT2D eigenvalue weighted by molar-refractivity contribution is 5.49. The second-order valence-corrected chi connectivity index (χ2v) is 1.94. The van der Waals surface area contributed by atoms with Crippen LogP contribution >= 0.6 is 0 Å².